The highest BCUT2D eigenvalue weighted by atomic mass is 32.1. The molecular weight excluding hydrogens is 256 g/mol. The van der Waals surface area contributed by atoms with Crippen LogP contribution in [0.25, 0.3) is 10.6 Å². The lowest BCUT2D eigenvalue weighted by atomic mass is 10.1. The zero-order valence-electron chi connectivity index (χ0n) is 9.86. The van der Waals surface area contributed by atoms with E-state index in [1.165, 1.54) is 17.4 Å². The second kappa shape index (κ2) is 5.54. The van der Waals surface area contributed by atoms with Gasteiger partial charge in [-0.3, -0.25) is 0 Å². The van der Waals surface area contributed by atoms with Gasteiger partial charge in [0.1, 0.15) is 5.01 Å². The number of aliphatic hydroxyl groups excluding tert-OH is 1. The van der Waals surface area contributed by atoms with Crippen LogP contribution in [0.1, 0.15) is 25.0 Å². The molecule has 96 valence electrons. The number of halogens is 2. The predicted molar refractivity (Wildman–Crippen MR) is 67.6 cm³/mol. The molecule has 0 radical (unpaired) electrons. The third-order valence-electron chi connectivity index (χ3n) is 2.82. The second-order valence-corrected chi connectivity index (χ2v) is 4.85. The number of thiazole rings is 1. The Bertz CT molecular complexity index is 538. The van der Waals surface area contributed by atoms with E-state index in [4.69, 9.17) is 0 Å². The molecule has 0 aliphatic heterocycles. The summed E-state index contributed by atoms with van der Waals surface area (Å²) in [7, 11) is 0. The number of aliphatic hydroxyl groups is 1. The fraction of sp³-hybridized carbons (Fsp3) is 0.308. The van der Waals surface area contributed by atoms with E-state index in [1.807, 2.05) is 12.3 Å². The summed E-state index contributed by atoms with van der Waals surface area (Å²) in [5.41, 5.74) is 1.35. The zero-order valence-corrected chi connectivity index (χ0v) is 10.7. The average Bonchev–Trinajstić information content (AvgIpc) is 2.84. The Morgan fingerprint density at radius 1 is 1.33 bits per heavy atom. The third kappa shape index (κ3) is 2.57. The van der Waals surface area contributed by atoms with Crippen molar-refractivity contribution in [2.24, 2.45) is 0 Å². The van der Waals surface area contributed by atoms with Crippen molar-refractivity contribution >= 4 is 11.3 Å². The van der Waals surface area contributed by atoms with Crippen molar-refractivity contribution < 1.29 is 13.9 Å². The molecule has 0 saturated carbocycles. The fourth-order valence-corrected chi connectivity index (χ4v) is 2.57. The fourth-order valence-electron chi connectivity index (χ4n) is 1.67. The predicted octanol–water partition coefficient (Wildman–Crippen LogP) is 3.57. The van der Waals surface area contributed by atoms with Crippen molar-refractivity contribution in [1.82, 2.24) is 4.98 Å². The van der Waals surface area contributed by atoms with E-state index in [1.54, 1.807) is 0 Å². The maximum atomic E-state index is 13.1. The summed E-state index contributed by atoms with van der Waals surface area (Å²) in [5.74, 6) is -1.74. The van der Waals surface area contributed by atoms with Gasteiger partial charge < -0.3 is 5.11 Å². The number of aromatic nitrogens is 1. The van der Waals surface area contributed by atoms with Crippen molar-refractivity contribution in [1.29, 1.82) is 0 Å². The Labute approximate surface area is 108 Å². The first-order valence-electron chi connectivity index (χ1n) is 5.67. The highest BCUT2D eigenvalue weighted by Crippen LogP contribution is 2.28. The molecule has 2 rings (SSSR count). The normalized spacial score (nSPS) is 12.7. The number of nitrogens with zero attached hydrogens (tertiary/aromatic N) is 1. The molecule has 1 unspecified atom stereocenters. The molecule has 1 heterocycles. The summed E-state index contributed by atoms with van der Waals surface area (Å²) >= 11 is 1.36. The topological polar surface area (TPSA) is 33.1 Å². The van der Waals surface area contributed by atoms with Crippen LogP contribution in [0.2, 0.25) is 0 Å². The molecule has 5 heteroatoms. The van der Waals surface area contributed by atoms with Gasteiger partial charge in [-0.2, -0.15) is 0 Å². The van der Waals surface area contributed by atoms with Gasteiger partial charge >= 0.3 is 0 Å². The van der Waals surface area contributed by atoms with Crippen LogP contribution in [0, 0.1) is 11.6 Å². The smallest absolute Gasteiger partial charge is 0.159 e. The van der Waals surface area contributed by atoms with Crippen LogP contribution in [0.15, 0.2) is 23.6 Å². The summed E-state index contributed by atoms with van der Waals surface area (Å²) in [5, 5.41) is 11.7. The monoisotopic (exact) mass is 269 g/mol. The van der Waals surface area contributed by atoms with E-state index < -0.39 is 11.6 Å². The molecule has 0 aliphatic rings. The molecule has 0 saturated heterocycles. The molecular formula is C13H13F2NOS. The first-order chi connectivity index (χ1) is 8.65. The van der Waals surface area contributed by atoms with Gasteiger partial charge in [0.2, 0.25) is 0 Å². The molecule has 18 heavy (non-hydrogen) atoms. The molecule has 0 spiro atoms. The molecule has 1 aromatic heterocycles. The second-order valence-electron chi connectivity index (χ2n) is 3.99. The Morgan fingerprint density at radius 3 is 2.72 bits per heavy atom. The number of hydrogen-bond donors (Lipinski definition) is 1. The lowest BCUT2D eigenvalue weighted by molar-refractivity contribution is 0.260. The number of hydrogen-bond acceptors (Lipinski definition) is 3. The van der Waals surface area contributed by atoms with Crippen LogP contribution in [0.5, 0.6) is 0 Å². The van der Waals surface area contributed by atoms with Gasteiger partial charge in [0.15, 0.2) is 11.6 Å². The maximum absolute atomic E-state index is 13.1. The minimum atomic E-state index is -0.876. The summed E-state index contributed by atoms with van der Waals surface area (Å²) in [6.45, 7) is 2.01. The van der Waals surface area contributed by atoms with Crippen LogP contribution in [0.4, 0.5) is 8.78 Å². The van der Waals surface area contributed by atoms with E-state index in [2.05, 4.69) is 4.98 Å². The highest BCUT2D eigenvalue weighted by Gasteiger charge is 2.14. The van der Waals surface area contributed by atoms with Crippen LogP contribution < -0.4 is 0 Å². The van der Waals surface area contributed by atoms with Crippen molar-refractivity contribution in [3.8, 4) is 10.6 Å². The molecule has 1 N–H and O–H groups in total. The Hall–Kier alpha value is -1.33. The van der Waals surface area contributed by atoms with Crippen LogP contribution in [-0.4, -0.2) is 16.7 Å². The number of benzene rings is 1. The quantitative estimate of drug-likeness (QED) is 0.920. The van der Waals surface area contributed by atoms with Gasteiger partial charge in [-0.25, -0.2) is 13.8 Å². The standard InChI is InChI=1S/C13H13F2NOS/c1-2-8(6-17)12-7-18-13(16-12)9-3-4-10(14)11(15)5-9/h3-5,7-8,17H,2,6H2,1H3. The van der Waals surface area contributed by atoms with E-state index in [0.717, 1.165) is 24.2 Å². The van der Waals surface area contributed by atoms with Gasteiger partial charge in [-0.05, 0) is 24.6 Å². The largest absolute Gasteiger partial charge is 0.396 e. The Balaban J connectivity index is 2.31. The van der Waals surface area contributed by atoms with Gasteiger partial charge in [0, 0.05) is 16.9 Å². The first kappa shape index (κ1) is 13.1. The zero-order chi connectivity index (χ0) is 13.1. The van der Waals surface area contributed by atoms with Gasteiger partial charge in [-0.1, -0.05) is 6.92 Å². The summed E-state index contributed by atoms with van der Waals surface area (Å²) in [6, 6.07) is 3.73. The van der Waals surface area contributed by atoms with Crippen molar-refractivity contribution in [2.75, 3.05) is 6.61 Å². The minimum absolute atomic E-state index is 0.000273. The molecule has 2 nitrogen and oxygen atoms in total. The molecule has 2 aromatic rings. The van der Waals surface area contributed by atoms with E-state index >= 15 is 0 Å². The lowest BCUT2D eigenvalue weighted by Gasteiger charge is -2.06. The van der Waals surface area contributed by atoms with Gasteiger partial charge in [0.25, 0.3) is 0 Å². The molecule has 0 amide bonds. The van der Waals surface area contributed by atoms with Crippen LogP contribution in [-0.2, 0) is 0 Å². The first-order valence-corrected chi connectivity index (χ1v) is 6.55. The van der Waals surface area contributed by atoms with Crippen molar-refractivity contribution in [3.05, 3.63) is 40.9 Å². The molecule has 0 aliphatic carbocycles. The van der Waals surface area contributed by atoms with Crippen molar-refractivity contribution in [2.45, 2.75) is 19.3 Å². The summed E-state index contributed by atoms with van der Waals surface area (Å²) < 4.78 is 26.0. The van der Waals surface area contributed by atoms with Crippen LogP contribution in [0.3, 0.4) is 0 Å². The number of rotatable bonds is 4. The molecule has 1 aromatic carbocycles. The van der Waals surface area contributed by atoms with E-state index in [0.29, 0.717) is 10.6 Å². The van der Waals surface area contributed by atoms with Gasteiger partial charge in [0.05, 0.1) is 12.3 Å². The lowest BCUT2D eigenvalue weighted by Crippen LogP contribution is -2.02. The Kier molecular flexibility index (Phi) is 4.04. The molecule has 0 fully saturated rings. The minimum Gasteiger partial charge on any atom is -0.396 e. The Morgan fingerprint density at radius 2 is 2.11 bits per heavy atom. The van der Waals surface area contributed by atoms with Crippen LogP contribution >= 0.6 is 11.3 Å². The molecule has 0 bridgehead atoms. The van der Waals surface area contributed by atoms with Crippen molar-refractivity contribution in [3.63, 3.8) is 0 Å². The maximum Gasteiger partial charge on any atom is 0.159 e. The summed E-state index contributed by atoms with van der Waals surface area (Å²) in [6.07, 6.45) is 0.789. The average molecular weight is 269 g/mol. The van der Waals surface area contributed by atoms with E-state index in [-0.39, 0.29) is 12.5 Å². The van der Waals surface area contributed by atoms with Gasteiger partial charge in [-0.15, -0.1) is 11.3 Å². The SMILES string of the molecule is CCC(CO)c1csc(-c2ccc(F)c(F)c2)n1. The highest BCUT2D eigenvalue weighted by molar-refractivity contribution is 7.13. The van der Waals surface area contributed by atoms with E-state index in [9.17, 15) is 13.9 Å². The third-order valence-corrected chi connectivity index (χ3v) is 3.73. The summed E-state index contributed by atoms with van der Waals surface area (Å²) in [4.78, 5) is 4.36. The molecule has 1 atom stereocenters.